The number of hydrogen-bond donors (Lipinski definition) is 1. The Bertz CT molecular complexity index is 460. The van der Waals surface area contributed by atoms with Gasteiger partial charge in [-0.2, -0.15) is 0 Å². The zero-order valence-electron chi connectivity index (χ0n) is 10.1. The van der Waals surface area contributed by atoms with E-state index in [4.69, 9.17) is 0 Å². The van der Waals surface area contributed by atoms with Gasteiger partial charge < -0.3 is 5.32 Å². The number of rotatable bonds is 3. The Kier molecular flexibility index (Phi) is 2.83. The maximum Gasteiger partial charge on any atom is 0.263 e. The fourth-order valence-corrected chi connectivity index (χ4v) is 2.63. The third-order valence-electron chi connectivity index (χ3n) is 3.64. The quantitative estimate of drug-likeness (QED) is 0.801. The van der Waals surface area contributed by atoms with Gasteiger partial charge in [0.05, 0.1) is 11.1 Å². The lowest BCUT2D eigenvalue weighted by atomic mass is 10.1. The summed E-state index contributed by atoms with van der Waals surface area (Å²) in [5, 5.41) is 3.37. The molecule has 1 aromatic rings. The van der Waals surface area contributed by atoms with Crippen molar-refractivity contribution in [3.63, 3.8) is 0 Å². The van der Waals surface area contributed by atoms with E-state index in [2.05, 4.69) is 10.3 Å². The molecule has 3 heterocycles. The number of nitrogens with zero attached hydrogens (tertiary/aromatic N) is 2. The predicted octanol–water partition coefficient (Wildman–Crippen LogP) is 0.820. The lowest BCUT2D eigenvalue weighted by Crippen LogP contribution is -2.34. The lowest BCUT2D eigenvalue weighted by Gasteiger charge is -2.16. The predicted molar refractivity (Wildman–Crippen MR) is 65.2 cm³/mol. The molecule has 1 aromatic heterocycles. The normalized spacial score (nSPS) is 22.7. The summed E-state index contributed by atoms with van der Waals surface area (Å²) in [6.07, 6.45) is 6.16. The van der Waals surface area contributed by atoms with Crippen molar-refractivity contribution < 1.29 is 9.59 Å². The van der Waals surface area contributed by atoms with Crippen LogP contribution in [0.25, 0.3) is 0 Å². The molecule has 18 heavy (non-hydrogen) atoms. The van der Waals surface area contributed by atoms with Crippen molar-refractivity contribution in [3.8, 4) is 0 Å². The Hall–Kier alpha value is -1.75. The van der Waals surface area contributed by atoms with Gasteiger partial charge in [-0.3, -0.25) is 19.5 Å². The average Bonchev–Trinajstić information content (AvgIpc) is 2.98. The second-order valence-corrected chi connectivity index (χ2v) is 4.77. The topological polar surface area (TPSA) is 62.3 Å². The third kappa shape index (κ3) is 1.80. The number of carbonyl (C=O) groups excluding carboxylic acids is 2. The van der Waals surface area contributed by atoms with Crippen LogP contribution in [-0.4, -0.2) is 40.8 Å². The van der Waals surface area contributed by atoms with Crippen LogP contribution in [-0.2, 0) is 0 Å². The second-order valence-electron chi connectivity index (χ2n) is 4.77. The van der Waals surface area contributed by atoms with Crippen molar-refractivity contribution >= 4 is 11.8 Å². The van der Waals surface area contributed by atoms with Gasteiger partial charge in [-0.25, -0.2) is 0 Å². The van der Waals surface area contributed by atoms with Crippen LogP contribution in [0.5, 0.6) is 0 Å². The summed E-state index contributed by atoms with van der Waals surface area (Å²) >= 11 is 0. The summed E-state index contributed by atoms with van der Waals surface area (Å²) < 4.78 is 0. The molecule has 1 saturated heterocycles. The molecule has 0 aliphatic carbocycles. The molecule has 2 aliphatic heterocycles. The number of fused-ring (bicyclic) bond motifs is 1. The molecule has 0 saturated carbocycles. The monoisotopic (exact) mass is 245 g/mol. The van der Waals surface area contributed by atoms with Gasteiger partial charge in [0.1, 0.15) is 0 Å². The summed E-state index contributed by atoms with van der Waals surface area (Å²) in [5.41, 5.74) is 0.913. The van der Waals surface area contributed by atoms with Crippen LogP contribution in [0.3, 0.4) is 0 Å². The zero-order valence-corrected chi connectivity index (χ0v) is 10.1. The van der Waals surface area contributed by atoms with Crippen LogP contribution >= 0.6 is 0 Å². The highest BCUT2D eigenvalue weighted by atomic mass is 16.2. The first-order chi connectivity index (χ1) is 8.77. The van der Waals surface area contributed by atoms with E-state index in [0.717, 1.165) is 19.4 Å². The number of amides is 2. The van der Waals surface area contributed by atoms with Crippen molar-refractivity contribution in [2.75, 3.05) is 13.1 Å². The highest BCUT2D eigenvalue weighted by Gasteiger charge is 2.35. The highest BCUT2D eigenvalue weighted by Crippen LogP contribution is 2.22. The first-order valence-electron chi connectivity index (χ1n) is 6.31. The summed E-state index contributed by atoms with van der Waals surface area (Å²) in [4.78, 5) is 29.4. The molecule has 94 valence electrons. The first kappa shape index (κ1) is 11.3. The Morgan fingerprint density at radius 2 is 2.17 bits per heavy atom. The van der Waals surface area contributed by atoms with Crippen LogP contribution in [0.2, 0.25) is 0 Å². The van der Waals surface area contributed by atoms with Crippen molar-refractivity contribution in [1.82, 2.24) is 15.2 Å². The van der Waals surface area contributed by atoms with Crippen LogP contribution < -0.4 is 5.32 Å². The summed E-state index contributed by atoms with van der Waals surface area (Å²) in [7, 11) is 0. The Balaban J connectivity index is 1.71. The SMILES string of the molecule is O=C1c2ccncc2C(=O)N1CCC1CCCN1. The van der Waals surface area contributed by atoms with Gasteiger partial charge in [-0.15, -0.1) is 0 Å². The van der Waals surface area contributed by atoms with Crippen LogP contribution in [0, 0.1) is 0 Å². The minimum Gasteiger partial charge on any atom is -0.314 e. The smallest absolute Gasteiger partial charge is 0.263 e. The minimum atomic E-state index is -0.207. The molecule has 2 amide bonds. The second kappa shape index (κ2) is 4.49. The van der Waals surface area contributed by atoms with E-state index in [1.165, 1.54) is 17.5 Å². The van der Waals surface area contributed by atoms with E-state index in [1.807, 2.05) is 0 Å². The largest absolute Gasteiger partial charge is 0.314 e. The van der Waals surface area contributed by atoms with Gasteiger partial charge in [0.15, 0.2) is 0 Å². The highest BCUT2D eigenvalue weighted by molar-refractivity contribution is 6.21. The lowest BCUT2D eigenvalue weighted by molar-refractivity contribution is 0.0649. The molecular formula is C13H15N3O2. The van der Waals surface area contributed by atoms with Crippen molar-refractivity contribution in [2.24, 2.45) is 0 Å². The number of nitrogens with one attached hydrogen (secondary N) is 1. The molecule has 2 aliphatic rings. The van der Waals surface area contributed by atoms with Crippen LogP contribution in [0.15, 0.2) is 18.5 Å². The van der Waals surface area contributed by atoms with E-state index < -0.39 is 0 Å². The van der Waals surface area contributed by atoms with E-state index in [9.17, 15) is 9.59 Å². The molecule has 0 bridgehead atoms. The van der Waals surface area contributed by atoms with Crippen molar-refractivity contribution in [3.05, 3.63) is 29.6 Å². The van der Waals surface area contributed by atoms with E-state index >= 15 is 0 Å². The van der Waals surface area contributed by atoms with Crippen molar-refractivity contribution in [2.45, 2.75) is 25.3 Å². The van der Waals surface area contributed by atoms with Gasteiger partial charge in [0.25, 0.3) is 11.8 Å². The Labute approximate surface area is 105 Å². The molecule has 0 aromatic carbocycles. The van der Waals surface area contributed by atoms with Gasteiger partial charge in [0, 0.05) is 25.0 Å². The molecule has 0 spiro atoms. The zero-order chi connectivity index (χ0) is 12.5. The molecule has 1 fully saturated rings. The van der Waals surface area contributed by atoms with E-state index in [0.29, 0.717) is 23.7 Å². The fourth-order valence-electron chi connectivity index (χ4n) is 2.63. The van der Waals surface area contributed by atoms with Crippen LogP contribution in [0.1, 0.15) is 40.0 Å². The number of imide groups is 1. The maximum absolute atomic E-state index is 12.1. The maximum atomic E-state index is 12.1. The van der Waals surface area contributed by atoms with Gasteiger partial charge in [-0.05, 0) is 31.9 Å². The van der Waals surface area contributed by atoms with E-state index in [1.54, 1.807) is 12.3 Å². The molecule has 5 nitrogen and oxygen atoms in total. The molecule has 5 heteroatoms. The first-order valence-corrected chi connectivity index (χ1v) is 6.31. The Morgan fingerprint density at radius 1 is 1.33 bits per heavy atom. The molecule has 3 rings (SSSR count). The molecule has 0 radical (unpaired) electrons. The number of carbonyl (C=O) groups is 2. The standard InChI is InChI=1S/C13H15N3O2/c17-12-10-3-6-14-8-11(10)13(18)16(12)7-4-9-2-1-5-15-9/h3,6,8-9,15H,1-2,4-5,7H2. The molecule has 1 unspecified atom stereocenters. The van der Waals surface area contributed by atoms with Gasteiger partial charge in [-0.1, -0.05) is 0 Å². The Morgan fingerprint density at radius 3 is 2.89 bits per heavy atom. The average molecular weight is 245 g/mol. The van der Waals surface area contributed by atoms with Crippen molar-refractivity contribution in [1.29, 1.82) is 0 Å². The van der Waals surface area contributed by atoms with Crippen LogP contribution in [0.4, 0.5) is 0 Å². The van der Waals surface area contributed by atoms with Gasteiger partial charge >= 0.3 is 0 Å². The van der Waals surface area contributed by atoms with Gasteiger partial charge in [0.2, 0.25) is 0 Å². The summed E-state index contributed by atoms with van der Waals surface area (Å²) in [5.74, 6) is -0.392. The summed E-state index contributed by atoms with van der Waals surface area (Å²) in [6.45, 7) is 1.53. The summed E-state index contributed by atoms with van der Waals surface area (Å²) in [6, 6.07) is 2.05. The minimum absolute atomic E-state index is 0.185. The number of hydrogen-bond acceptors (Lipinski definition) is 4. The molecular weight excluding hydrogens is 230 g/mol. The molecule has 1 N–H and O–H groups in total. The molecule has 1 atom stereocenters. The fraction of sp³-hybridized carbons (Fsp3) is 0.462. The number of pyridine rings is 1. The van der Waals surface area contributed by atoms with E-state index in [-0.39, 0.29) is 11.8 Å². The third-order valence-corrected chi connectivity index (χ3v) is 3.64. The number of aromatic nitrogens is 1.